The van der Waals surface area contributed by atoms with Gasteiger partial charge < -0.3 is 10.4 Å². The smallest absolute Gasteiger partial charge is 0.0613 e. The van der Waals surface area contributed by atoms with E-state index in [0.29, 0.717) is 12.1 Å². The van der Waals surface area contributed by atoms with Crippen molar-refractivity contribution in [1.29, 1.82) is 0 Å². The molecule has 3 heteroatoms. The molecule has 0 amide bonds. The molecule has 1 saturated carbocycles. The highest BCUT2D eigenvalue weighted by Gasteiger charge is 2.37. The molecule has 1 aliphatic rings. The lowest BCUT2D eigenvalue weighted by molar-refractivity contribution is 0.0474. The van der Waals surface area contributed by atoms with Gasteiger partial charge in [0, 0.05) is 17.6 Å². The molecule has 0 heterocycles. The Balaban J connectivity index is 2.70. The Kier molecular flexibility index (Phi) is 5.90. The van der Waals surface area contributed by atoms with E-state index in [2.05, 4.69) is 31.0 Å². The summed E-state index contributed by atoms with van der Waals surface area (Å²) >= 11 is 0. The summed E-state index contributed by atoms with van der Waals surface area (Å²) in [4.78, 5) is 2.61. The molecule has 0 aliphatic heterocycles. The molecule has 1 aliphatic carbocycles. The van der Waals surface area contributed by atoms with Crippen LogP contribution in [0.15, 0.2) is 0 Å². The number of likely N-dealkylation sites (N-methyl/N-ethyl adjacent to an activating group) is 1. The summed E-state index contributed by atoms with van der Waals surface area (Å²) in [6.07, 6.45) is 5.89. The average Bonchev–Trinajstić information content (AvgIpc) is 2.39. The van der Waals surface area contributed by atoms with Crippen LogP contribution in [0.1, 0.15) is 52.9 Å². The van der Waals surface area contributed by atoms with Crippen LogP contribution >= 0.6 is 0 Å². The van der Waals surface area contributed by atoms with E-state index in [4.69, 9.17) is 0 Å². The molecule has 3 nitrogen and oxygen atoms in total. The summed E-state index contributed by atoms with van der Waals surface area (Å²) in [6, 6.07) is 1.28. The lowest BCUT2D eigenvalue weighted by Crippen LogP contribution is -2.55. The number of hydrogen-bond donors (Lipinski definition) is 2. The van der Waals surface area contributed by atoms with Crippen LogP contribution in [0.25, 0.3) is 0 Å². The van der Waals surface area contributed by atoms with Gasteiger partial charge in [-0.25, -0.2) is 0 Å². The van der Waals surface area contributed by atoms with Gasteiger partial charge in [0.1, 0.15) is 0 Å². The van der Waals surface area contributed by atoms with Crippen LogP contribution < -0.4 is 5.32 Å². The summed E-state index contributed by atoms with van der Waals surface area (Å²) in [7, 11) is 1.98. The predicted octanol–water partition coefficient (Wildman–Crippen LogP) is 2.00. The maximum absolute atomic E-state index is 9.63. The first-order valence-corrected chi connectivity index (χ1v) is 7.18. The first-order chi connectivity index (χ1) is 8.12. The number of nitrogens with zero attached hydrogens (tertiary/aromatic N) is 1. The standard InChI is InChI=1S/C14H30N2O/c1-5-12(3)16(6-2)13-8-7-9-14(10-13,11-17)15-4/h12-13,15,17H,5-11H2,1-4H3. The zero-order valence-electron chi connectivity index (χ0n) is 12.0. The third kappa shape index (κ3) is 3.43. The molecular formula is C14H30N2O. The van der Waals surface area contributed by atoms with Gasteiger partial charge in [0.15, 0.2) is 0 Å². The molecule has 0 radical (unpaired) electrons. The predicted molar refractivity (Wildman–Crippen MR) is 73.3 cm³/mol. The van der Waals surface area contributed by atoms with Crippen molar-refractivity contribution in [1.82, 2.24) is 10.2 Å². The topological polar surface area (TPSA) is 35.5 Å². The quantitative estimate of drug-likeness (QED) is 0.748. The van der Waals surface area contributed by atoms with Crippen molar-refractivity contribution in [2.24, 2.45) is 0 Å². The van der Waals surface area contributed by atoms with E-state index < -0.39 is 0 Å². The first-order valence-electron chi connectivity index (χ1n) is 7.18. The third-order valence-electron chi connectivity index (χ3n) is 4.64. The minimum Gasteiger partial charge on any atom is -0.394 e. The van der Waals surface area contributed by atoms with Crippen molar-refractivity contribution >= 4 is 0 Å². The van der Waals surface area contributed by atoms with Crippen LogP contribution in [-0.2, 0) is 0 Å². The van der Waals surface area contributed by atoms with Gasteiger partial charge in [0.25, 0.3) is 0 Å². The molecule has 0 spiro atoms. The van der Waals surface area contributed by atoms with Crippen molar-refractivity contribution in [3.8, 4) is 0 Å². The summed E-state index contributed by atoms with van der Waals surface area (Å²) < 4.78 is 0. The molecule has 17 heavy (non-hydrogen) atoms. The van der Waals surface area contributed by atoms with Crippen LogP contribution in [0.5, 0.6) is 0 Å². The van der Waals surface area contributed by atoms with E-state index in [1.165, 1.54) is 19.3 Å². The zero-order chi connectivity index (χ0) is 12.9. The van der Waals surface area contributed by atoms with Gasteiger partial charge in [-0.15, -0.1) is 0 Å². The molecule has 0 saturated heterocycles. The van der Waals surface area contributed by atoms with E-state index in [1.807, 2.05) is 7.05 Å². The van der Waals surface area contributed by atoms with Crippen molar-refractivity contribution in [2.45, 2.75) is 70.5 Å². The Hall–Kier alpha value is -0.120. The fourth-order valence-corrected chi connectivity index (χ4v) is 3.23. The van der Waals surface area contributed by atoms with Crippen LogP contribution in [-0.4, -0.2) is 47.8 Å². The Morgan fingerprint density at radius 2 is 2.18 bits per heavy atom. The SMILES string of the molecule is CCC(C)N(CC)C1CCCC(CO)(NC)C1. The normalized spacial score (nSPS) is 31.8. The highest BCUT2D eigenvalue weighted by atomic mass is 16.3. The maximum Gasteiger partial charge on any atom is 0.0613 e. The van der Waals surface area contributed by atoms with Gasteiger partial charge in [-0.05, 0) is 52.6 Å². The Labute approximate surface area is 107 Å². The van der Waals surface area contributed by atoms with Crippen LogP contribution in [0.2, 0.25) is 0 Å². The molecule has 3 unspecified atom stereocenters. The van der Waals surface area contributed by atoms with E-state index >= 15 is 0 Å². The van der Waals surface area contributed by atoms with E-state index in [1.54, 1.807) is 0 Å². The monoisotopic (exact) mass is 242 g/mol. The fourth-order valence-electron chi connectivity index (χ4n) is 3.23. The van der Waals surface area contributed by atoms with E-state index in [-0.39, 0.29) is 12.1 Å². The first kappa shape index (κ1) is 14.9. The second kappa shape index (κ2) is 6.72. The van der Waals surface area contributed by atoms with Crippen molar-refractivity contribution in [2.75, 3.05) is 20.2 Å². The van der Waals surface area contributed by atoms with Crippen LogP contribution in [0, 0.1) is 0 Å². The van der Waals surface area contributed by atoms with Gasteiger partial charge in [-0.1, -0.05) is 13.8 Å². The molecule has 3 atom stereocenters. The van der Waals surface area contributed by atoms with Gasteiger partial charge in [-0.2, -0.15) is 0 Å². The Morgan fingerprint density at radius 1 is 1.47 bits per heavy atom. The second-order valence-corrected chi connectivity index (χ2v) is 5.53. The van der Waals surface area contributed by atoms with Gasteiger partial charge in [0.05, 0.1) is 6.61 Å². The lowest BCUT2D eigenvalue weighted by atomic mass is 9.78. The maximum atomic E-state index is 9.63. The summed E-state index contributed by atoms with van der Waals surface area (Å²) in [6.45, 7) is 8.20. The number of aliphatic hydroxyl groups excluding tert-OH is 1. The minimum atomic E-state index is -0.0379. The summed E-state index contributed by atoms with van der Waals surface area (Å²) in [5.41, 5.74) is -0.0379. The highest BCUT2D eigenvalue weighted by Crippen LogP contribution is 2.31. The second-order valence-electron chi connectivity index (χ2n) is 5.53. The zero-order valence-corrected chi connectivity index (χ0v) is 12.0. The van der Waals surface area contributed by atoms with E-state index in [9.17, 15) is 5.11 Å². The molecule has 102 valence electrons. The molecule has 0 aromatic heterocycles. The van der Waals surface area contributed by atoms with Gasteiger partial charge in [0.2, 0.25) is 0 Å². The number of hydrogen-bond acceptors (Lipinski definition) is 3. The van der Waals surface area contributed by atoms with Gasteiger partial charge >= 0.3 is 0 Å². The molecule has 0 bridgehead atoms. The highest BCUT2D eigenvalue weighted by molar-refractivity contribution is 4.96. The van der Waals surface area contributed by atoms with E-state index in [0.717, 1.165) is 19.4 Å². The number of aliphatic hydroxyl groups is 1. The van der Waals surface area contributed by atoms with Gasteiger partial charge in [-0.3, -0.25) is 4.90 Å². The van der Waals surface area contributed by atoms with Crippen molar-refractivity contribution < 1.29 is 5.11 Å². The number of rotatable bonds is 6. The van der Waals surface area contributed by atoms with Crippen LogP contribution in [0.4, 0.5) is 0 Å². The fraction of sp³-hybridized carbons (Fsp3) is 1.00. The minimum absolute atomic E-state index is 0.0379. The summed E-state index contributed by atoms with van der Waals surface area (Å²) in [5.74, 6) is 0. The molecule has 2 N–H and O–H groups in total. The Morgan fingerprint density at radius 3 is 2.65 bits per heavy atom. The molecule has 1 rings (SSSR count). The largest absolute Gasteiger partial charge is 0.394 e. The Bertz CT molecular complexity index is 216. The number of nitrogens with one attached hydrogen (secondary N) is 1. The molecule has 0 aromatic rings. The lowest BCUT2D eigenvalue weighted by Gasteiger charge is -2.45. The average molecular weight is 242 g/mol. The molecular weight excluding hydrogens is 212 g/mol. The third-order valence-corrected chi connectivity index (χ3v) is 4.64. The summed E-state index contributed by atoms with van der Waals surface area (Å²) in [5, 5.41) is 13.0. The van der Waals surface area contributed by atoms with Crippen molar-refractivity contribution in [3.63, 3.8) is 0 Å². The van der Waals surface area contributed by atoms with Crippen LogP contribution in [0.3, 0.4) is 0 Å². The van der Waals surface area contributed by atoms with Crippen molar-refractivity contribution in [3.05, 3.63) is 0 Å². The molecule has 0 aromatic carbocycles. The molecule has 1 fully saturated rings.